The van der Waals surface area contributed by atoms with Crippen LogP contribution in [0.3, 0.4) is 0 Å². The standard InChI is InChI=1S/C11H5Cl6NO4/c12-5-6(13)10(15)4-3(9(5,14)11(10,16)17)7(21)18(8(4)22)1-2(19)20/h3-4H,1H2,(H,19,20). The Morgan fingerprint density at radius 1 is 1.00 bits per heavy atom. The summed E-state index contributed by atoms with van der Waals surface area (Å²) in [6.45, 7) is -0.822. The largest absolute Gasteiger partial charge is 0.480 e. The number of carboxylic acids is 1. The molecule has 2 aliphatic carbocycles. The molecule has 0 radical (unpaired) electrons. The number of fused-ring (bicyclic) bond motifs is 5. The third-order valence-electron chi connectivity index (χ3n) is 4.29. The van der Waals surface area contributed by atoms with Gasteiger partial charge >= 0.3 is 5.97 Å². The number of aliphatic carboxylic acids is 1. The molecule has 2 amide bonds. The van der Waals surface area contributed by atoms with Crippen molar-refractivity contribution in [2.75, 3.05) is 6.54 Å². The highest BCUT2D eigenvalue weighted by molar-refractivity contribution is 6.66. The van der Waals surface area contributed by atoms with Crippen molar-refractivity contribution in [2.45, 2.75) is 14.1 Å². The summed E-state index contributed by atoms with van der Waals surface area (Å²) in [6.07, 6.45) is 0. The number of carboxylic acid groups (broad SMARTS) is 1. The van der Waals surface area contributed by atoms with Gasteiger partial charge in [-0.15, -0.1) is 23.2 Å². The van der Waals surface area contributed by atoms with Gasteiger partial charge in [0, 0.05) is 0 Å². The van der Waals surface area contributed by atoms with Crippen molar-refractivity contribution in [3.8, 4) is 0 Å². The summed E-state index contributed by atoms with van der Waals surface area (Å²) < 4.78 is -2.01. The van der Waals surface area contributed by atoms with Crippen LogP contribution < -0.4 is 0 Å². The number of nitrogens with zero attached hydrogens (tertiary/aromatic N) is 1. The average Bonchev–Trinajstić information content (AvgIpc) is 2.78. The summed E-state index contributed by atoms with van der Waals surface area (Å²) in [4.78, 5) is 32.5. The molecule has 22 heavy (non-hydrogen) atoms. The molecule has 1 saturated carbocycles. The molecule has 0 spiro atoms. The van der Waals surface area contributed by atoms with E-state index in [2.05, 4.69) is 0 Å². The van der Waals surface area contributed by atoms with E-state index in [-0.39, 0.29) is 10.1 Å². The molecule has 1 N–H and O–H groups in total. The summed E-state index contributed by atoms with van der Waals surface area (Å²) in [5.74, 6) is -5.63. The Labute approximate surface area is 154 Å². The number of imide groups is 1. The van der Waals surface area contributed by atoms with Crippen LogP contribution >= 0.6 is 69.6 Å². The molecule has 0 aromatic carbocycles. The molecule has 4 atom stereocenters. The summed E-state index contributed by atoms with van der Waals surface area (Å²) >= 11 is 37.5. The third-order valence-corrected chi connectivity index (χ3v) is 8.55. The summed E-state index contributed by atoms with van der Waals surface area (Å²) in [7, 11) is 0. The maximum Gasteiger partial charge on any atom is 0.323 e. The van der Waals surface area contributed by atoms with Gasteiger partial charge in [0.25, 0.3) is 0 Å². The minimum Gasteiger partial charge on any atom is -0.480 e. The van der Waals surface area contributed by atoms with Crippen LogP contribution in [0.1, 0.15) is 0 Å². The monoisotopic (exact) mass is 425 g/mol. The second-order valence-electron chi connectivity index (χ2n) is 5.24. The van der Waals surface area contributed by atoms with E-state index >= 15 is 0 Å². The number of rotatable bonds is 2. The van der Waals surface area contributed by atoms with Crippen LogP contribution in [0.5, 0.6) is 0 Å². The van der Waals surface area contributed by atoms with Gasteiger partial charge in [0.2, 0.25) is 11.8 Å². The molecule has 1 aliphatic heterocycles. The Kier molecular flexibility index (Phi) is 3.53. The fourth-order valence-electron chi connectivity index (χ4n) is 3.34. The molecule has 5 nitrogen and oxygen atoms in total. The van der Waals surface area contributed by atoms with Crippen molar-refractivity contribution >= 4 is 87.4 Å². The number of hydrogen-bond donors (Lipinski definition) is 1. The third kappa shape index (κ3) is 1.49. The van der Waals surface area contributed by atoms with Crippen molar-refractivity contribution in [1.29, 1.82) is 0 Å². The molecule has 2 fully saturated rings. The first-order valence-corrected chi connectivity index (χ1v) is 8.09. The number of allylic oxidation sites excluding steroid dienone is 2. The first kappa shape index (κ1) is 16.9. The zero-order chi connectivity index (χ0) is 16.8. The quantitative estimate of drug-likeness (QED) is 0.543. The van der Waals surface area contributed by atoms with Gasteiger partial charge in [-0.25, -0.2) is 0 Å². The lowest BCUT2D eigenvalue weighted by molar-refractivity contribution is -0.149. The van der Waals surface area contributed by atoms with E-state index < -0.39 is 50.2 Å². The Morgan fingerprint density at radius 2 is 1.36 bits per heavy atom. The minimum absolute atomic E-state index is 0.213. The lowest BCUT2D eigenvalue weighted by Gasteiger charge is -2.34. The predicted molar refractivity (Wildman–Crippen MR) is 81.7 cm³/mol. The molecule has 3 rings (SSSR count). The van der Waals surface area contributed by atoms with Crippen LogP contribution in [0.25, 0.3) is 0 Å². The molecule has 11 heteroatoms. The Balaban J connectivity index is 2.21. The van der Waals surface area contributed by atoms with Gasteiger partial charge in [0.05, 0.1) is 21.9 Å². The van der Waals surface area contributed by atoms with Crippen LogP contribution in [0, 0.1) is 11.8 Å². The lowest BCUT2D eigenvalue weighted by atomic mass is 9.84. The van der Waals surface area contributed by atoms with Crippen LogP contribution in [0.4, 0.5) is 0 Å². The molecular weight excluding hydrogens is 423 g/mol. The van der Waals surface area contributed by atoms with Gasteiger partial charge in [0.1, 0.15) is 16.3 Å². The van der Waals surface area contributed by atoms with Gasteiger partial charge in [-0.2, -0.15) is 0 Å². The van der Waals surface area contributed by atoms with Crippen LogP contribution in [-0.4, -0.2) is 48.4 Å². The molecule has 1 heterocycles. The molecule has 0 aromatic rings. The van der Waals surface area contributed by atoms with Crippen molar-refractivity contribution in [2.24, 2.45) is 11.8 Å². The molecule has 1 saturated heterocycles. The number of alkyl halides is 4. The van der Waals surface area contributed by atoms with Crippen molar-refractivity contribution in [1.82, 2.24) is 4.90 Å². The fourth-order valence-corrected chi connectivity index (χ4v) is 6.27. The van der Waals surface area contributed by atoms with Gasteiger partial charge in [0.15, 0.2) is 4.33 Å². The highest BCUT2D eigenvalue weighted by atomic mass is 35.5. The van der Waals surface area contributed by atoms with Crippen molar-refractivity contribution in [3.05, 3.63) is 10.1 Å². The minimum atomic E-state index is -2.01. The average molecular weight is 428 g/mol. The number of carbonyl (C=O) groups is 3. The van der Waals surface area contributed by atoms with Crippen LogP contribution in [0.15, 0.2) is 10.1 Å². The fraction of sp³-hybridized carbons (Fsp3) is 0.545. The molecule has 120 valence electrons. The Hall–Kier alpha value is 0.0900. The maximum absolute atomic E-state index is 12.5. The van der Waals surface area contributed by atoms with Crippen LogP contribution in [0.2, 0.25) is 0 Å². The van der Waals surface area contributed by atoms with Gasteiger partial charge < -0.3 is 5.11 Å². The van der Waals surface area contributed by atoms with E-state index in [1.54, 1.807) is 0 Å². The normalized spacial score (nSPS) is 42.4. The maximum atomic E-state index is 12.5. The molecule has 2 bridgehead atoms. The highest BCUT2D eigenvalue weighted by Crippen LogP contribution is 2.77. The lowest BCUT2D eigenvalue weighted by Crippen LogP contribution is -2.50. The summed E-state index contributed by atoms with van der Waals surface area (Å²) in [5.41, 5.74) is 0. The van der Waals surface area contributed by atoms with Gasteiger partial charge in [-0.1, -0.05) is 46.4 Å². The SMILES string of the molecule is O=C(O)CN1C(=O)C2C(C1=O)C1(Cl)C(Cl)=C(Cl)C2(Cl)C1(Cl)Cl. The number of halogens is 6. The second-order valence-corrected chi connectivity index (χ2v) is 8.51. The zero-order valence-electron chi connectivity index (χ0n) is 10.2. The molecule has 4 unspecified atom stereocenters. The smallest absolute Gasteiger partial charge is 0.323 e. The number of hydrogen-bond acceptors (Lipinski definition) is 3. The Morgan fingerprint density at radius 3 is 1.68 bits per heavy atom. The summed E-state index contributed by atoms with van der Waals surface area (Å²) in [5, 5.41) is 8.40. The summed E-state index contributed by atoms with van der Waals surface area (Å²) in [6, 6.07) is 0. The first-order valence-electron chi connectivity index (χ1n) is 5.82. The number of carbonyl (C=O) groups excluding carboxylic acids is 2. The van der Waals surface area contributed by atoms with E-state index in [0.717, 1.165) is 0 Å². The van der Waals surface area contributed by atoms with E-state index in [1.807, 2.05) is 0 Å². The highest BCUT2D eigenvalue weighted by Gasteiger charge is 2.87. The van der Waals surface area contributed by atoms with Crippen LogP contribution in [-0.2, 0) is 14.4 Å². The number of amides is 2. The van der Waals surface area contributed by atoms with Crippen molar-refractivity contribution in [3.63, 3.8) is 0 Å². The van der Waals surface area contributed by atoms with Gasteiger partial charge in [-0.3, -0.25) is 19.3 Å². The van der Waals surface area contributed by atoms with E-state index in [4.69, 9.17) is 74.7 Å². The van der Waals surface area contributed by atoms with E-state index in [0.29, 0.717) is 4.90 Å². The molecule has 3 aliphatic rings. The molecular formula is C11H5Cl6NO4. The number of likely N-dealkylation sites (tertiary alicyclic amines) is 1. The topological polar surface area (TPSA) is 74.7 Å². The van der Waals surface area contributed by atoms with Crippen molar-refractivity contribution < 1.29 is 19.5 Å². The molecule has 0 aromatic heterocycles. The van der Waals surface area contributed by atoms with E-state index in [1.165, 1.54) is 0 Å². The second kappa shape index (κ2) is 4.58. The van der Waals surface area contributed by atoms with E-state index in [9.17, 15) is 14.4 Å². The zero-order valence-corrected chi connectivity index (χ0v) is 14.8. The van der Waals surface area contributed by atoms with Gasteiger partial charge in [-0.05, 0) is 0 Å². The first-order chi connectivity index (χ1) is 9.94. The predicted octanol–water partition coefficient (Wildman–Crippen LogP) is 2.52. The Bertz CT molecular complexity index is 631.